The first-order chi connectivity index (χ1) is 14.3. The third-order valence-electron chi connectivity index (χ3n) is 6.11. The van der Waals surface area contributed by atoms with E-state index in [1.807, 2.05) is 54.7 Å². The summed E-state index contributed by atoms with van der Waals surface area (Å²) in [7, 11) is 2.19. The van der Waals surface area contributed by atoms with Crippen LogP contribution in [0.25, 0.3) is 0 Å². The van der Waals surface area contributed by atoms with Gasteiger partial charge in [0.15, 0.2) is 0 Å². The van der Waals surface area contributed by atoms with Crippen molar-refractivity contribution in [3.05, 3.63) is 83.4 Å². The van der Waals surface area contributed by atoms with Crippen LogP contribution in [0.5, 0.6) is 11.5 Å². The van der Waals surface area contributed by atoms with E-state index in [0.29, 0.717) is 5.92 Å². The predicted octanol–water partition coefficient (Wildman–Crippen LogP) is 7.26. The first-order valence-electron chi connectivity index (χ1n) is 10.6. The molecule has 3 aromatic rings. The number of nitrogens with zero attached hydrogens (tertiary/aromatic N) is 2. The van der Waals surface area contributed by atoms with Gasteiger partial charge in [0.2, 0.25) is 0 Å². The monoisotopic (exact) mass is 398 g/mol. The largest absolute Gasteiger partial charge is 0.457 e. The van der Waals surface area contributed by atoms with Crippen molar-refractivity contribution in [3.8, 4) is 11.5 Å². The SMILES string of the molecule is Cc1ccc(Oc2ccc(N=Cc3ccc4c(c3)[C@@H](C)CC(C)(C)N4C)cc2)cc1. The number of ether oxygens (including phenoxy) is 1. The fourth-order valence-corrected chi connectivity index (χ4v) is 4.17. The summed E-state index contributed by atoms with van der Waals surface area (Å²) in [6.07, 6.45) is 3.10. The fraction of sp³-hybridized carbons (Fsp3) is 0.296. The van der Waals surface area contributed by atoms with E-state index in [9.17, 15) is 0 Å². The lowest BCUT2D eigenvalue weighted by atomic mass is 9.80. The third-order valence-corrected chi connectivity index (χ3v) is 6.11. The van der Waals surface area contributed by atoms with Gasteiger partial charge in [-0.2, -0.15) is 0 Å². The fourth-order valence-electron chi connectivity index (χ4n) is 4.17. The van der Waals surface area contributed by atoms with Gasteiger partial charge in [-0.1, -0.05) is 30.7 Å². The maximum atomic E-state index is 5.90. The van der Waals surface area contributed by atoms with Crippen LogP contribution in [-0.2, 0) is 0 Å². The van der Waals surface area contributed by atoms with Crippen LogP contribution in [0.1, 0.15) is 49.8 Å². The summed E-state index contributed by atoms with van der Waals surface area (Å²) >= 11 is 0. The molecule has 0 aliphatic carbocycles. The number of anilines is 1. The van der Waals surface area contributed by atoms with Gasteiger partial charge in [0.1, 0.15) is 11.5 Å². The number of aliphatic imine (C=N–C) groups is 1. The van der Waals surface area contributed by atoms with E-state index >= 15 is 0 Å². The quantitative estimate of drug-likeness (QED) is 0.432. The van der Waals surface area contributed by atoms with E-state index in [2.05, 4.69) is 62.8 Å². The van der Waals surface area contributed by atoms with Crippen molar-refractivity contribution in [2.75, 3.05) is 11.9 Å². The highest BCUT2D eigenvalue weighted by molar-refractivity contribution is 5.83. The zero-order chi connectivity index (χ0) is 21.3. The van der Waals surface area contributed by atoms with E-state index in [1.165, 1.54) is 16.8 Å². The topological polar surface area (TPSA) is 24.8 Å². The molecule has 0 bridgehead atoms. The molecule has 0 amide bonds. The number of fused-ring (bicyclic) bond motifs is 1. The van der Waals surface area contributed by atoms with Crippen molar-refractivity contribution in [2.45, 2.75) is 45.6 Å². The number of hydrogen-bond donors (Lipinski definition) is 0. The van der Waals surface area contributed by atoms with Gasteiger partial charge in [-0.15, -0.1) is 0 Å². The second-order valence-corrected chi connectivity index (χ2v) is 8.96. The molecule has 0 N–H and O–H groups in total. The Balaban J connectivity index is 1.48. The van der Waals surface area contributed by atoms with Crippen LogP contribution in [0.4, 0.5) is 11.4 Å². The van der Waals surface area contributed by atoms with Crippen LogP contribution >= 0.6 is 0 Å². The maximum Gasteiger partial charge on any atom is 0.127 e. The van der Waals surface area contributed by atoms with Crippen molar-refractivity contribution in [3.63, 3.8) is 0 Å². The molecule has 0 fully saturated rings. The molecule has 1 heterocycles. The summed E-state index contributed by atoms with van der Waals surface area (Å²) in [6.45, 7) is 9.02. The Labute approximate surface area is 180 Å². The standard InChI is InChI=1S/C27H30N2O/c1-19-6-11-23(12-7-19)30-24-13-9-22(10-14-24)28-18-21-8-15-26-25(16-21)20(2)17-27(3,4)29(26)5/h6-16,18,20H,17H2,1-5H3/t20-/m0/s1. The summed E-state index contributed by atoms with van der Waals surface area (Å²) in [5.74, 6) is 2.19. The highest BCUT2D eigenvalue weighted by Crippen LogP contribution is 2.42. The molecule has 0 aromatic heterocycles. The molecule has 0 spiro atoms. The zero-order valence-electron chi connectivity index (χ0n) is 18.5. The van der Waals surface area contributed by atoms with E-state index in [4.69, 9.17) is 4.74 Å². The first-order valence-corrected chi connectivity index (χ1v) is 10.6. The second-order valence-electron chi connectivity index (χ2n) is 8.96. The molecule has 0 radical (unpaired) electrons. The average molecular weight is 399 g/mol. The van der Waals surface area contributed by atoms with E-state index in [0.717, 1.165) is 29.2 Å². The third kappa shape index (κ3) is 4.25. The Bertz CT molecular complexity index is 1050. The number of aryl methyl sites for hydroxylation is 1. The normalized spacial score (nSPS) is 17.8. The van der Waals surface area contributed by atoms with Crippen molar-refractivity contribution >= 4 is 17.6 Å². The lowest BCUT2D eigenvalue weighted by Gasteiger charge is -2.45. The molecule has 154 valence electrons. The Kier molecular flexibility index (Phi) is 5.38. The van der Waals surface area contributed by atoms with Crippen LogP contribution in [0.3, 0.4) is 0 Å². The predicted molar refractivity (Wildman–Crippen MR) is 127 cm³/mol. The molecule has 1 aliphatic rings. The zero-order valence-corrected chi connectivity index (χ0v) is 18.5. The van der Waals surface area contributed by atoms with E-state index < -0.39 is 0 Å². The summed E-state index contributed by atoms with van der Waals surface area (Å²) in [6, 6.07) is 22.6. The van der Waals surface area contributed by atoms with Crippen molar-refractivity contribution in [1.29, 1.82) is 0 Å². The molecular weight excluding hydrogens is 368 g/mol. The second kappa shape index (κ2) is 7.98. The van der Waals surface area contributed by atoms with Crippen molar-refractivity contribution in [1.82, 2.24) is 0 Å². The Hall–Kier alpha value is -3.07. The molecule has 30 heavy (non-hydrogen) atoms. The van der Waals surface area contributed by atoms with Gasteiger partial charge >= 0.3 is 0 Å². The van der Waals surface area contributed by atoms with Crippen LogP contribution in [0.2, 0.25) is 0 Å². The minimum Gasteiger partial charge on any atom is -0.457 e. The van der Waals surface area contributed by atoms with Gasteiger partial charge < -0.3 is 9.64 Å². The molecule has 0 saturated carbocycles. The Morgan fingerprint density at radius 1 is 0.967 bits per heavy atom. The lowest BCUT2D eigenvalue weighted by Crippen LogP contribution is -2.45. The molecular formula is C27H30N2O. The van der Waals surface area contributed by atoms with Crippen LogP contribution in [0.15, 0.2) is 71.7 Å². The summed E-state index contributed by atoms with van der Waals surface area (Å²) in [5.41, 5.74) is 6.18. The van der Waals surface area contributed by atoms with E-state index in [-0.39, 0.29) is 5.54 Å². The van der Waals surface area contributed by atoms with Gasteiger partial charge in [-0.25, -0.2) is 0 Å². The Morgan fingerprint density at radius 2 is 1.60 bits per heavy atom. The molecule has 1 atom stereocenters. The van der Waals surface area contributed by atoms with Crippen LogP contribution < -0.4 is 9.64 Å². The minimum absolute atomic E-state index is 0.185. The van der Waals surface area contributed by atoms with Gasteiger partial charge in [-0.05, 0) is 92.8 Å². The number of rotatable bonds is 4. The maximum absolute atomic E-state index is 5.90. The van der Waals surface area contributed by atoms with Gasteiger partial charge in [0, 0.05) is 24.5 Å². The smallest absolute Gasteiger partial charge is 0.127 e. The van der Waals surface area contributed by atoms with Gasteiger partial charge in [-0.3, -0.25) is 4.99 Å². The lowest BCUT2D eigenvalue weighted by molar-refractivity contribution is 0.395. The molecule has 0 unspecified atom stereocenters. The Morgan fingerprint density at radius 3 is 2.27 bits per heavy atom. The van der Waals surface area contributed by atoms with E-state index in [1.54, 1.807) is 0 Å². The molecule has 3 aromatic carbocycles. The van der Waals surface area contributed by atoms with Gasteiger partial charge in [0.05, 0.1) is 5.69 Å². The molecule has 4 rings (SSSR count). The molecule has 3 nitrogen and oxygen atoms in total. The minimum atomic E-state index is 0.185. The molecule has 0 saturated heterocycles. The summed E-state index contributed by atoms with van der Waals surface area (Å²) in [4.78, 5) is 7.06. The summed E-state index contributed by atoms with van der Waals surface area (Å²) in [5, 5.41) is 0. The molecule has 3 heteroatoms. The van der Waals surface area contributed by atoms with Crippen LogP contribution in [-0.4, -0.2) is 18.8 Å². The average Bonchev–Trinajstić information content (AvgIpc) is 2.73. The van der Waals surface area contributed by atoms with Crippen molar-refractivity contribution in [2.24, 2.45) is 4.99 Å². The number of benzene rings is 3. The highest BCUT2D eigenvalue weighted by atomic mass is 16.5. The highest BCUT2D eigenvalue weighted by Gasteiger charge is 2.33. The van der Waals surface area contributed by atoms with Gasteiger partial charge in [0.25, 0.3) is 0 Å². The molecule has 1 aliphatic heterocycles. The van der Waals surface area contributed by atoms with Crippen LogP contribution in [0, 0.1) is 6.92 Å². The number of hydrogen-bond acceptors (Lipinski definition) is 3. The first kappa shape index (κ1) is 20.2. The van der Waals surface area contributed by atoms with Crippen molar-refractivity contribution < 1.29 is 4.74 Å². The summed E-state index contributed by atoms with van der Waals surface area (Å²) < 4.78 is 5.90.